The van der Waals surface area contributed by atoms with Crippen LogP contribution in [0.2, 0.25) is 0 Å². The molecule has 4 heteroatoms. The maximum absolute atomic E-state index is 12.4. The van der Waals surface area contributed by atoms with E-state index < -0.39 is 0 Å². The molecule has 1 aromatic carbocycles. The van der Waals surface area contributed by atoms with Crippen molar-refractivity contribution in [2.75, 3.05) is 0 Å². The lowest BCUT2D eigenvalue weighted by Gasteiger charge is -2.18. The number of piperidine rings is 1. The second-order valence-corrected chi connectivity index (χ2v) is 5.58. The van der Waals surface area contributed by atoms with Gasteiger partial charge in [0, 0.05) is 17.8 Å². The van der Waals surface area contributed by atoms with Crippen molar-refractivity contribution in [1.82, 2.24) is 9.88 Å². The van der Waals surface area contributed by atoms with Crippen LogP contribution in [0.25, 0.3) is 0 Å². The molecule has 2 heterocycles. The number of nitrogens with zero attached hydrogens (tertiary/aromatic N) is 2. The van der Waals surface area contributed by atoms with E-state index in [1.165, 1.54) is 4.90 Å². The molecule has 1 saturated carbocycles. The second-order valence-electron chi connectivity index (χ2n) is 5.58. The summed E-state index contributed by atoms with van der Waals surface area (Å²) in [6, 6.07) is 15.2. The van der Waals surface area contributed by atoms with Gasteiger partial charge in [0.2, 0.25) is 11.8 Å². The van der Waals surface area contributed by atoms with Crippen LogP contribution in [-0.4, -0.2) is 21.7 Å². The van der Waals surface area contributed by atoms with E-state index in [9.17, 15) is 9.59 Å². The van der Waals surface area contributed by atoms with Crippen LogP contribution < -0.4 is 0 Å². The predicted molar refractivity (Wildman–Crippen MR) is 76.0 cm³/mol. The quantitative estimate of drug-likeness (QED) is 0.807. The molecule has 1 aromatic heterocycles. The summed E-state index contributed by atoms with van der Waals surface area (Å²) in [6.07, 6.45) is 1.71. The molecule has 21 heavy (non-hydrogen) atoms. The molecule has 0 N–H and O–H groups in total. The van der Waals surface area contributed by atoms with Gasteiger partial charge in [0.05, 0.1) is 18.4 Å². The normalized spacial score (nSPS) is 26.9. The lowest BCUT2D eigenvalue weighted by Crippen LogP contribution is -2.33. The number of aromatic nitrogens is 1. The van der Waals surface area contributed by atoms with Gasteiger partial charge in [-0.25, -0.2) is 0 Å². The van der Waals surface area contributed by atoms with Gasteiger partial charge < -0.3 is 0 Å². The molecule has 2 aromatic rings. The fourth-order valence-corrected chi connectivity index (χ4v) is 3.26. The fraction of sp³-hybridized carbons (Fsp3) is 0.235. The van der Waals surface area contributed by atoms with E-state index in [0.29, 0.717) is 6.54 Å². The third kappa shape index (κ3) is 1.87. The zero-order chi connectivity index (χ0) is 14.4. The highest BCUT2D eigenvalue weighted by Gasteiger charge is 2.67. The molecule has 3 atom stereocenters. The van der Waals surface area contributed by atoms with Crippen molar-refractivity contribution in [2.45, 2.75) is 12.5 Å². The minimum atomic E-state index is -0.198. The van der Waals surface area contributed by atoms with Crippen LogP contribution in [0, 0.1) is 11.8 Å². The van der Waals surface area contributed by atoms with Gasteiger partial charge in [0.25, 0.3) is 0 Å². The van der Waals surface area contributed by atoms with Crippen LogP contribution in [-0.2, 0) is 16.1 Å². The number of hydrogen-bond acceptors (Lipinski definition) is 3. The van der Waals surface area contributed by atoms with Gasteiger partial charge in [0.1, 0.15) is 0 Å². The van der Waals surface area contributed by atoms with Crippen LogP contribution >= 0.6 is 0 Å². The number of pyridine rings is 1. The minimum absolute atomic E-state index is 0.0155. The lowest BCUT2D eigenvalue weighted by atomic mass is 10.1. The number of rotatable bonds is 3. The number of likely N-dealkylation sites (tertiary alicyclic amines) is 1. The SMILES string of the molecule is O=C1C2C(c3ccccn3)[C@H]2C(=O)N1Cc1ccccc1. The molecule has 2 amide bonds. The van der Waals surface area contributed by atoms with Gasteiger partial charge in [-0.1, -0.05) is 36.4 Å². The maximum atomic E-state index is 12.4. The van der Waals surface area contributed by atoms with Crippen LogP contribution in [0.1, 0.15) is 17.2 Å². The fourth-order valence-electron chi connectivity index (χ4n) is 3.26. The molecule has 1 saturated heterocycles. The average molecular weight is 278 g/mol. The van der Waals surface area contributed by atoms with Crippen molar-refractivity contribution < 1.29 is 9.59 Å². The first-order valence-corrected chi connectivity index (χ1v) is 7.07. The first-order chi connectivity index (χ1) is 10.3. The molecule has 0 radical (unpaired) electrons. The third-order valence-corrected chi connectivity index (χ3v) is 4.33. The molecule has 0 spiro atoms. The van der Waals surface area contributed by atoms with Gasteiger partial charge in [-0.2, -0.15) is 0 Å². The molecule has 1 aliphatic heterocycles. The van der Waals surface area contributed by atoms with E-state index in [2.05, 4.69) is 4.98 Å². The Morgan fingerprint density at radius 1 is 0.857 bits per heavy atom. The Balaban J connectivity index is 1.54. The van der Waals surface area contributed by atoms with E-state index in [0.717, 1.165) is 11.3 Å². The molecule has 4 rings (SSSR count). The summed E-state index contributed by atoms with van der Waals surface area (Å²) in [4.78, 5) is 30.5. The van der Waals surface area contributed by atoms with E-state index in [1.807, 2.05) is 48.5 Å². The van der Waals surface area contributed by atoms with Crippen LogP contribution in [0.5, 0.6) is 0 Å². The van der Waals surface area contributed by atoms with Gasteiger partial charge in [-0.15, -0.1) is 0 Å². The Bertz CT molecular complexity index is 677. The summed E-state index contributed by atoms with van der Waals surface area (Å²) in [5.41, 5.74) is 1.84. The maximum Gasteiger partial charge on any atom is 0.234 e. The van der Waals surface area contributed by atoms with E-state index in [-0.39, 0.29) is 29.6 Å². The Morgan fingerprint density at radius 2 is 1.52 bits per heavy atom. The number of benzene rings is 1. The number of carbonyl (C=O) groups is 2. The van der Waals surface area contributed by atoms with Crippen molar-refractivity contribution in [1.29, 1.82) is 0 Å². The summed E-state index contributed by atoms with van der Waals surface area (Å²) in [5, 5.41) is 0. The molecule has 104 valence electrons. The average Bonchev–Trinajstić information content (AvgIpc) is 3.23. The number of carbonyl (C=O) groups excluding carboxylic acids is 2. The van der Waals surface area contributed by atoms with Crippen LogP contribution in [0.4, 0.5) is 0 Å². The number of fused-ring (bicyclic) bond motifs is 1. The zero-order valence-corrected chi connectivity index (χ0v) is 11.3. The standard InChI is InChI=1S/C17H14N2O2/c20-16-14-13(12-8-4-5-9-18-12)15(14)17(21)19(16)10-11-6-2-1-3-7-11/h1-9,13-15H,10H2/t13?,14-,15?/m1/s1. The summed E-state index contributed by atoms with van der Waals surface area (Å²) >= 11 is 0. The van der Waals surface area contributed by atoms with Gasteiger partial charge in [0.15, 0.2) is 0 Å². The Kier molecular flexibility index (Phi) is 2.64. The summed E-state index contributed by atoms with van der Waals surface area (Å²) in [5.74, 6) is -0.514. The molecule has 2 aliphatic rings. The third-order valence-electron chi connectivity index (χ3n) is 4.33. The second kappa shape index (κ2) is 4.52. The Hall–Kier alpha value is -2.49. The summed E-state index contributed by atoms with van der Waals surface area (Å²) in [6.45, 7) is 0.375. The van der Waals surface area contributed by atoms with Crippen molar-refractivity contribution in [3.63, 3.8) is 0 Å². The van der Waals surface area contributed by atoms with Crippen LogP contribution in [0.15, 0.2) is 54.7 Å². The number of imide groups is 1. The lowest BCUT2D eigenvalue weighted by molar-refractivity contribution is -0.142. The number of hydrogen-bond donors (Lipinski definition) is 0. The van der Waals surface area contributed by atoms with Gasteiger partial charge in [-0.3, -0.25) is 19.5 Å². The monoisotopic (exact) mass is 278 g/mol. The molecule has 2 unspecified atom stereocenters. The summed E-state index contributed by atoms with van der Waals surface area (Å²) < 4.78 is 0. The predicted octanol–water partition coefficient (Wildman–Crippen LogP) is 1.98. The van der Waals surface area contributed by atoms with Gasteiger partial charge >= 0.3 is 0 Å². The molecule has 4 nitrogen and oxygen atoms in total. The number of amides is 2. The first kappa shape index (κ1) is 12.3. The zero-order valence-electron chi connectivity index (χ0n) is 11.3. The van der Waals surface area contributed by atoms with Crippen molar-refractivity contribution in [3.05, 3.63) is 66.0 Å². The highest BCUT2D eigenvalue weighted by Crippen LogP contribution is 2.59. The van der Waals surface area contributed by atoms with E-state index in [4.69, 9.17) is 0 Å². The minimum Gasteiger partial charge on any atom is -0.278 e. The van der Waals surface area contributed by atoms with Crippen LogP contribution in [0.3, 0.4) is 0 Å². The van der Waals surface area contributed by atoms with Crippen molar-refractivity contribution >= 4 is 11.8 Å². The Morgan fingerprint density at radius 3 is 2.14 bits per heavy atom. The van der Waals surface area contributed by atoms with E-state index >= 15 is 0 Å². The van der Waals surface area contributed by atoms with Crippen molar-refractivity contribution in [3.8, 4) is 0 Å². The molecule has 0 bridgehead atoms. The topological polar surface area (TPSA) is 50.3 Å². The highest BCUT2D eigenvalue weighted by atomic mass is 16.2. The molecular weight excluding hydrogens is 264 g/mol. The van der Waals surface area contributed by atoms with Gasteiger partial charge in [-0.05, 0) is 17.7 Å². The molecule has 1 aliphatic carbocycles. The van der Waals surface area contributed by atoms with Crippen molar-refractivity contribution in [2.24, 2.45) is 11.8 Å². The molecular formula is C17H14N2O2. The largest absolute Gasteiger partial charge is 0.278 e. The highest BCUT2D eigenvalue weighted by molar-refractivity contribution is 6.10. The Labute approximate surface area is 122 Å². The van der Waals surface area contributed by atoms with E-state index in [1.54, 1.807) is 6.20 Å². The smallest absolute Gasteiger partial charge is 0.234 e. The summed E-state index contributed by atoms with van der Waals surface area (Å²) in [7, 11) is 0. The molecule has 2 fully saturated rings. The first-order valence-electron chi connectivity index (χ1n) is 7.07.